The summed E-state index contributed by atoms with van der Waals surface area (Å²) < 4.78 is 0. The van der Waals surface area contributed by atoms with E-state index in [4.69, 9.17) is 0 Å². The molecule has 0 radical (unpaired) electrons. The Labute approximate surface area is 173 Å². The number of nitrogens with one attached hydrogen (secondary N) is 1. The van der Waals surface area contributed by atoms with E-state index in [1.807, 2.05) is 59.5 Å². The molecule has 1 heterocycles. The van der Waals surface area contributed by atoms with Gasteiger partial charge in [-0.25, -0.2) is 0 Å². The number of piperidine rings is 1. The molecule has 0 aliphatic carbocycles. The van der Waals surface area contributed by atoms with Gasteiger partial charge in [-0.1, -0.05) is 74.0 Å². The van der Waals surface area contributed by atoms with E-state index in [-0.39, 0.29) is 23.8 Å². The molecular formula is C25H30N2O2. The lowest BCUT2D eigenvalue weighted by Gasteiger charge is -2.31. The molecule has 1 aliphatic rings. The van der Waals surface area contributed by atoms with E-state index < -0.39 is 0 Å². The summed E-state index contributed by atoms with van der Waals surface area (Å²) in [5.41, 5.74) is 2.17. The average molecular weight is 391 g/mol. The molecule has 1 saturated heterocycles. The Balaban J connectivity index is 1.51. The zero-order valence-electron chi connectivity index (χ0n) is 17.1. The highest BCUT2D eigenvalue weighted by atomic mass is 16.2. The SMILES string of the molecule is CCCC(NC(=O)C1CCN(C(=O)/C=C/c2ccccc2)CC1)c1ccccc1. The van der Waals surface area contributed by atoms with Gasteiger partial charge in [-0.05, 0) is 36.5 Å². The van der Waals surface area contributed by atoms with Gasteiger partial charge in [0.05, 0.1) is 6.04 Å². The number of nitrogens with zero attached hydrogens (tertiary/aromatic N) is 1. The van der Waals surface area contributed by atoms with Crippen LogP contribution in [0.3, 0.4) is 0 Å². The number of likely N-dealkylation sites (tertiary alicyclic amines) is 1. The summed E-state index contributed by atoms with van der Waals surface area (Å²) in [5.74, 6) is 0.0975. The van der Waals surface area contributed by atoms with E-state index in [1.165, 1.54) is 0 Å². The predicted octanol–water partition coefficient (Wildman–Crippen LogP) is 4.60. The number of benzene rings is 2. The maximum absolute atomic E-state index is 12.8. The van der Waals surface area contributed by atoms with Gasteiger partial charge in [0.2, 0.25) is 11.8 Å². The second kappa shape index (κ2) is 10.6. The van der Waals surface area contributed by atoms with Gasteiger partial charge in [-0.15, -0.1) is 0 Å². The fraction of sp³-hybridized carbons (Fsp3) is 0.360. The zero-order chi connectivity index (χ0) is 20.5. The number of hydrogen-bond donors (Lipinski definition) is 1. The first-order valence-electron chi connectivity index (χ1n) is 10.5. The summed E-state index contributed by atoms with van der Waals surface area (Å²) in [4.78, 5) is 27.1. The Kier molecular flexibility index (Phi) is 7.62. The van der Waals surface area contributed by atoms with Gasteiger partial charge in [0.15, 0.2) is 0 Å². The Hall–Kier alpha value is -2.88. The fourth-order valence-electron chi connectivity index (χ4n) is 3.78. The van der Waals surface area contributed by atoms with Gasteiger partial charge in [-0.3, -0.25) is 9.59 Å². The molecule has 1 fully saturated rings. The Morgan fingerprint density at radius 2 is 1.66 bits per heavy atom. The molecule has 1 aliphatic heterocycles. The van der Waals surface area contributed by atoms with Crippen LogP contribution in [-0.4, -0.2) is 29.8 Å². The minimum Gasteiger partial charge on any atom is -0.349 e. The average Bonchev–Trinajstić information content (AvgIpc) is 2.78. The maximum Gasteiger partial charge on any atom is 0.246 e. The van der Waals surface area contributed by atoms with Crippen LogP contribution in [0.2, 0.25) is 0 Å². The summed E-state index contributed by atoms with van der Waals surface area (Å²) in [6.07, 6.45) is 6.84. The van der Waals surface area contributed by atoms with Crippen LogP contribution in [-0.2, 0) is 9.59 Å². The van der Waals surface area contributed by atoms with E-state index >= 15 is 0 Å². The van der Waals surface area contributed by atoms with Crippen molar-refractivity contribution < 1.29 is 9.59 Å². The number of hydrogen-bond acceptors (Lipinski definition) is 2. The van der Waals surface area contributed by atoms with Gasteiger partial charge in [0.1, 0.15) is 0 Å². The van der Waals surface area contributed by atoms with Gasteiger partial charge in [0, 0.05) is 25.1 Å². The van der Waals surface area contributed by atoms with Crippen LogP contribution in [0.1, 0.15) is 49.8 Å². The second-order valence-corrected chi connectivity index (χ2v) is 7.60. The molecule has 2 aromatic carbocycles. The van der Waals surface area contributed by atoms with Crippen molar-refractivity contribution in [2.24, 2.45) is 5.92 Å². The van der Waals surface area contributed by atoms with Gasteiger partial charge in [-0.2, -0.15) is 0 Å². The van der Waals surface area contributed by atoms with E-state index in [0.29, 0.717) is 25.9 Å². The third-order valence-corrected chi connectivity index (χ3v) is 5.49. The number of carbonyl (C=O) groups excluding carboxylic acids is 2. The van der Waals surface area contributed by atoms with Crippen LogP contribution in [0, 0.1) is 5.92 Å². The first-order chi connectivity index (χ1) is 14.2. The van der Waals surface area contributed by atoms with Gasteiger partial charge >= 0.3 is 0 Å². The molecule has 0 spiro atoms. The topological polar surface area (TPSA) is 49.4 Å². The van der Waals surface area contributed by atoms with Crippen LogP contribution in [0.25, 0.3) is 6.08 Å². The molecule has 1 N–H and O–H groups in total. The molecule has 29 heavy (non-hydrogen) atoms. The summed E-state index contributed by atoms with van der Waals surface area (Å²) >= 11 is 0. The summed E-state index contributed by atoms with van der Waals surface area (Å²) in [7, 11) is 0. The van der Waals surface area contributed by atoms with Crippen molar-refractivity contribution >= 4 is 17.9 Å². The Morgan fingerprint density at radius 1 is 1.03 bits per heavy atom. The van der Waals surface area contributed by atoms with Crippen molar-refractivity contribution in [2.75, 3.05) is 13.1 Å². The van der Waals surface area contributed by atoms with Crippen LogP contribution in [0.5, 0.6) is 0 Å². The lowest BCUT2D eigenvalue weighted by molar-refractivity contribution is -0.132. The molecule has 152 valence electrons. The quantitative estimate of drug-likeness (QED) is 0.703. The highest BCUT2D eigenvalue weighted by Gasteiger charge is 2.28. The van der Waals surface area contributed by atoms with E-state index in [1.54, 1.807) is 6.08 Å². The first-order valence-corrected chi connectivity index (χ1v) is 10.5. The Morgan fingerprint density at radius 3 is 2.28 bits per heavy atom. The van der Waals surface area contributed by atoms with Crippen LogP contribution in [0.4, 0.5) is 0 Å². The predicted molar refractivity (Wildman–Crippen MR) is 117 cm³/mol. The van der Waals surface area contributed by atoms with Crippen LogP contribution < -0.4 is 5.32 Å². The standard InChI is InChI=1S/C25H30N2O2/c1-2-9-23(21-12-7-4-8-13-21)26-25(29)22-16-18-27(19-17-22)24(28)15-14-20-10-5-3-6-11-20/h3-8,10-15,22-23H,2,9,16-19H2,1H3,(H,26,29)/b15-14+. The van der Waals surface area contributed by atoms with Crippen molar-refractivity contribution in [3.63, 3.8) is 0 Å². The molecule has 4 heteroatoms. The molecule has 2 amide bonds. The first kappa shape index (κ1) is 20.8. The Bertz CT molecular complexity index is 809. The summed E-state index contributed by atoms with van der Waals surface area (Å²) in [6.45, 7) is 3.38. The highest BCUT2D eigenvalue weighted by molar-refractivity contribution is 5.92. The molecule has 0 bridgehead atoms. The van der Waals surface area contributed by atoms with Gasteiger partial charge in [0.25, 0.3) is 0 Å². The third-order valence-electron chi connectivity index (χ3n) is 5.49. The van der Waals surface area contributed by atoms with E-state index in [9.17, 15) is 9.59 Å². The van der Waals surface area contributed by atoms with Crippen LogP contribution in [0.15, 0.2) is 66.7 Å². The largest absolute Gasteiger partial charge is 0.349 e. The molecule has 4 nitrogen and oxygen atoms in total. The lowest BCUT2D eigenvalue weighted by atomic mass is 9.94. The number of carbonyl (C=O) groups is 2. The fourth-order valence-corrected chi connectivity index (χ4v) is 3.78. The van der Waals surface area contributed by atoms with E-state index in [2.05, 4.69) is 24.4 Å². The maximum atomic E-state index is 12.8. The lowest BCUT2D eigenvalue weighted by Crippen LogP contribution is -2.43. The molecule has 1 atom stereocenters. The number of rotatable bonds is 7. The van der Waals surface area contributed by atoms with Crippen molar-refractivity contribution in [3.8, 4) is 0 Å². The third kappa shape index (κ3) is 6.05. The van der Waals surface area contributed by atoms with Crippen molar-refractivity contribution in [1.29, 1.82) is 0 Å². The number of amides is 2. The molecular weight excluding hydrogens is 360 g/mol. The zero-order valence-corrected chi connectivity index (χ0v) is 17.1. The second-order valence-electron chi connectivity index (χ2n) is 7.60. The smallest absolute Gasteiger partial charge is 0.246 e. The molecule has 1 unspecified atom stereocenters. The normalized spacial score (nSPS) is 16.0. The van der Waals surface area contributed by atoms with Gasteiger partial charge < -0.3 is 10.2 Å². The summed E-state index contributed by atoms with van der Waals surface area (Å²) in [6, 6.07) is 20.0. The molecule has 3 rings (SSSR count). The van der Waals surface area contributed by atoms with Crippen molar-refractivity contribution in [1.82, 2.24) is 10.2 Å². The summed E-state index contributed by atoms with van der Waals surface area (Å²) in [5, 5.41) is 3.24. The van der Waals surface area contributed by atoms with Crippen molar-refractivity contribution in [2.45, 2.75) is 38.6 Å². The highest BCUT2D eigenvalue weighted by Crippen LogP contribution is 2.22. The molecule has 2 aromatic rings. The molecule has 0 saturated carbocycles. The van der Waals surface area contributed by atoms with Crippen molar-refractivity contribution in [3.05, 3.63) is 77.9 Å². The van der Waals surface area contributed by atoms with Crippen LogP contribution >= 0.6 is 0 Å². The minimum atomic E-state index is -0.0276. The van der Waals surface area contributed by atoms with E-state index in [0.717, 1.165) is 24.0 Å². The molecule has 0 aromatic heterocycles. The monoisotopic (exact) mass is 390 g/mol. The minimum absolute atomic E-state index is 0.0147.